The van der Waals surface area contributed by atoms with Crippen LogP contribution in [0, 0.1) is 6.92 Å². The summed E-state index contributed by atoms with van der Waals surface area (Å²) in [6.07, 6.45) is 0.510. The molecule has 0 bridgehead atoms. The molecule has 0 saturated carbocycles. The van der Waals surface area contributed by atoms with E-state index in [2.05, 4.69) is 10.6 Å². The normalized spacial score (nSPS) is 10.2. The van der Waals surface area contributed by atoms with Gasteiger partial charge >= 0.3 is 0 Å². The maximum Gasteiger partial charge on any atom is 0.233 e. The molecule has 6 heteroatoms. The van der Waals surface area contributed by atoms with Gasteiger partial charge in [0.25, 0.3) is 0 Å². The van der Waals surface area contributed by atoms with E-state index >= 15 is 0 Å². The Bertz CT molecular complexity index is 477. The molecular formula is C14H19ClN2O3. The molecule has 0 fully saturated rings. The molecule has 110 valence electrons. The average Bonchev–Trinajstić information content (AvgIpc) is 2.39. The molecule has 0 unspecified atom stereocenters. The van der Waals surface area contributed by atoms with Crippen LogP contribution in [0.5, 0.6) is 0 Å². The van der Waals surface area contributed by atoms with Gasteiger partial charge in [-0.25, -0.2) is 0 Å². The minimum atomic E-state index is -0.367. The molecule has 0 saturated heterocycles. The Morgan fingerprint density at radius 2 is 2.05 bits per heavy atom. The summed E-state index contributed by atoms with van der Waals surface area (Å²) in [6.45, 7) is 2.95. The molecule has 0 aromatic heterocycles. The van der Waals surface area contributed by atoms with Crippen molar-refractivity contribution in [2.75, 3.05) is 25.6 Å². The second-order valence-corrected chi connectivity index (χ2v) is 4.79. The lowest BCUT2D eigenvalue weighted by atomic mass is 10.2. The average molecular weight is 299 g/mol. The Kier molecular flexibility index (Phi) is 7.04. The number of hydrogen-bond acceptors (Lipinski definition) is 3. The van der Waals surface area contributed by atoms with Crippen molar-refractivity contribution in [3.05, 3.63) is 28.8 Å². The Morgan fingerprint density at radius 3 is 2.70 bits per heavy atom. The van der Waals surface area contributed by atoms with Crippen molar-refractivity contribution in [2.45, 2.75) is 19.8 Å². The third-order valence-corrected chi connectivity index (χ3v) is 3.03. The van der Waals surface area contributed by atoms with Crippen LogP contribution in [-0.2, 0) is 14.3 Å². The minimum absolute atomic E-state index is 0.210. The zero-order valence-electron chi connectivity index (χ0n) is 11.7. The van der Waals surface area contributed by atoms with Gasteiger partial charge in [-0.05, 0) is 31.0 Å². The van der Waals surface area contributed by atoms with Crippen LogP contribution in [0.1, 0.15) is 18.4 Å². The molecule has 2 amide bonds. The molecule has 1 aromatic rings. The molecule has 1 aromatic carbocycles. The zero-order chi connectivity index (χ0) is 15.0. The van der Waals surface area contributed by atoms with E-state index in [9.17, 15) is 9.59 Å². The maximum absolute atomic E-state index is 11.7. The summed E-state index contributed by atoms with van der Waals surface area (Å²) in [7, 11) is 1.60. The molecule has 0 aliphatic carbocycles. The lowest BCUT2D eigenvalue weighted by Crippen LogP contribution is -2.29. The van der Waals surface area contributed by atoms with Crippen LogP contribution < -0.4 is 10.6 Å². The second kappa shape index (κ2) is 8.55. The summed E-state index contributed by atoms with van der Waals surface area (Å²) in [5.41, 5.74) is 1.51. The van der Waals surface area contributed by atoms with Crippen LogP contribution in [0.4, 0.5) is 5.69 Å². The molecule has 0 radical (unpaired) electrons. The number of rotatable bonds is 7. The van der Waals surface area contributed by atoms with Gasteiger partial charge in [-0.1, -0.05) is 17.7 Å². The smallest absolute Gasteiger partial charge is 0.233 e. The van der Waals surface area contributed by atoms with E-state index in [1.54, 1.807) is 19.2 Å². The van der Waals surface area contributed by atoms with Crippen LogP contribution in [0.2, 0.25) is 5.02 Å². The largest absolute Gasteiger partial charge is 0.385 e. The summed E-state index contributed by atoms with van der Waals surface area (Å²) in [5.74, 6) is -0.675. The Balaban J connectivity index is 2.35. The summed E-state index contributed by atoms with van der Waals surface area (Å²) in [6, 6.07) is 5.21. The minimum Gasteiger partial charge on any atom is -0.385 e. The molecule has 2 N–H and O–H groups in total. The lowest BCUT2D eigenvalue weighted by Gasteiger charge is -2.07. The maximum atomic E-state index is 11.7. The number of anilines is 1. The van der Waals surface area contributed by atoms with Crippen molar-refractivity contribution in [3.8, 4) is 0 Å². The van der Waals surface area contributed by atoms with Gasteiger partial charge < -0.3 is 15.4 Å². The Morgan fingerprint density at radius 1 is 1.30 bits per heavy atom. The highest BCUT2D eigenvalue weighted by Crippen LogP contribution is 2.19. The van der Waals surface area contributed by atoms with E-state index in [0.29, 0.717) is 23.9 Å². The highest BCUT2D eigenvalue weighted by atomic mass is 35.5. The predicted octanol–water partition coefficient (Wildman–Crippen LogP) is 2.13. The quantitative estimate of drug-likeness (QED) is 0.598. The summed E-state index contributed by atoms with van der Waals surface area (Å²) in [5, 5.41) is 5.86. The van der Waals surface area contributed by atoms with E-state index in [4.69, 9.17) is 16.3 Å². The first kappa shape index (κ1) is 16.5. The topological polar surface area (TPSA) is 67.4 Å². The van der Waals surface area contributed by atoms with Crippen molar-refractivity contribution < 1.29 is 14.3 Å². The third kappa shape index (κ3) is 6.04. The van der Waals surface area contributed by atoms with Gasteiger partial charge in [0.05, 0.1) is 0 Å². The predicted molar refractivity (Wildman–Crippen MR) is 78.9 cm³/mol. The number of carbonyl (C=O) groups excluding carboxylic acids is 2. The molecule has 0 aliphatic heterocycles. The van der Waals surface area contributed by atoms with E-state index in [1.165, 1.54) is 0 Å². The fourth-order valence-electron chi connectivity index (χ4n) is 1.53. The first-order valence-electron chi connectivity index (χ1n) is 6.34. The van der Waals surface area contributed by atoms with Crippen LogP contribution >= 0.6 is 11.6 Å². The van der Waals surface area contributed by atoms with Gasteiger partial charge in [0.15, 0.2) is 0 Å². The number of nitrogens with one attached hydrogen (secondary N) is 2. The number of methoxy groups -OCH3 is 1. The lowest BCUT2D eigenvalue weighted by molar-refractivity contribution is -0.126. The molecule has 0 atom stereocenters. The monoisotopic (exact) mass is 298 g/mol. The Hall–Kier alpha value is -1.59. The second-order valence-electron chi connectivity index (χ2n) is 4.39. The number of carbonyl (C=O) groups is 2. The first-order chi connectivity index (χ1) is 9.52. The van der Waals surface area contributed by atoms with Crippen molar-refractivity contribution in [2.24, 2.45) is 0 Å². The fraction of sp³-hybridized carbons (Fsp3) is 0.429. The Labute approximate surface area is 123 Å². The third-order valence-electron chi connectivity index (χ3n) is 2.62. The number of hydrogen-bond donors (Lipinski definition) is 2. The van der Waals surface area contributed by atoms with E-state index in [-0.39, 0.29) is 18.2 Å². The van der Waals surface area contributed by atoms with Gasteiger partial charge in [-0.3, -0.25) is 9.59 Å². The van der Waals surface area contributed by atoms with Crippen molar-refractivity contribution >= 4 is 29.1 Å². The first-order valence-corrected chi connectivity index (χ1v) is 6.72. The van der Waals surface area contributed by atoms with Crippen LogP contribution in [0.3, 0.4) is 0 Å². The number of halogens is 1. The molecule has 1 rings (SSSR count). The highest BCUT2D eigenvalue weighted by Gasteiger charge is 2.09. The highest BCUT2D eigenvalue weighted by molar-refractivity contribution is 6.31. The van der Waals surface area contributed by atoms with Crippen molar-refractivity contribution in [1.29, 1.82) is 0 Å². The molecular weight excluding hydrogens is 280 g/mol. The SMILES string of the molecule is COCCCNC(=O)CC(=O)Nc1ccc(C)c(Cl)c1. The van der Waals surface area contributed by atoms with Gasteiger partial charge in [0.1, 0.15) is 6.42 Å². The molecule has 0 heterocycles. The molecule has 20 heavy (non-hydrogen) atoms. The van der Waals surface area contributed by atoms with Gasteiger partial charge in [-0.15, -0.1) is 0 Å². The van der Waals surface area contributed by atoms with E-state index in [0.717, 1.165) is 12.0 Å². The fourth-order valence-corrected chi connectivity index (χ4v) is 1.71. The van der Waals surface area contributed by atoms with Crippen molar-refractivity contribution in [1.82, 2.24) is 5.32 Å². The standard InChI is InChI=1S/C14H19ClN2O3/c1-10-4-5-11(8-12(10)15)17-14(19)9-13(18)16-6-3-7-20-2/h4-5,8H,3,6-7,9H2,1-2H3,(H,16,18)(H,17,19). The van der Waals surface area contributed by atoms with E-state index < -0.39 is 0 Å². The zero-order valence-corrected chi connectivity index (χ0v) is 12.4. The van der Waals surface area contributed by atoms with Crippen LogP contribution in [0.15, 0.2) is 18.2 Å². The number of amides is 2. The number of benzene rings is 1. The van der Waals surface area contributed by atoms with Gasteiger partial charge in [-0.2, -0.15) is 0 Å². The number of ether oxygens (including phenoxy) is 1. The van der Waals surface area contributed by atoms with Gasteiger partial charge in [0.2, 0.25) is 11.8 Å². The summed E-state index contributed by atoms with van der Waals surface area (Å²) >= 11 is 5.96. The molecule has 0 aliphatic rings. The summed E-state index contributed by atoms with van der Waals surface area (Å²) < 4.78 is 4.86. The van der Waals surface area contributed by atoms with Crippen molar-refractivity contribution in [3.63, 3.8) is 0 Å². The van der Waals surface area contributed by atoms with E-state index in [1.807, 2.05) is 13.0 Å². The number of aryl methyl sites for hydroxylation is 1. The van der Waals surface area contributed by atoms with Crippen LogP contribution in [0.25, 0.3) is 0 Å². The summed E-state index contributed by atoms with van der Waals surface area (Å²) in [4.78, 5) is 23.2. The van der Waals surface area contributed by atoms with Crippen LogP contribution in [-0.4, -0.2) is 32.1 Å². The van der Waals surface area contributed by atoms with Gasteiger partial charge in [0, 0.05) is 31.0 Å². The molecule has 5 nitrogen and oxygen atoms in total. The molecule has 0 spiro atoms.